The number of piperidine rings is 1. The van der Waals surface area contributed by atoms with Crippen molar-refractivity contribution < 1.29 is 9.53 Å². The topological polar surface area (TPSA) is 63.6 Å². The van der Waals surface area contributed by atoms with Crippen molar-refractivity contribution >= 4 is 11.6 Å². The van der Waals surface area contributed by atoms with E-state index in [1.54, 1.807) is 12.3 Å². The Labute approximate surface area is 166 Å². The van der Waals surface area contributed by atoms with Gasteiger partial charge in [-0.25, -0.2) is 0 Å². The summed E-state index contributed by atoms with van der Waals surface area (Å²) in [6, 6.07) is 9.45. The lowest BCUT2D eigenvalue weighted by Crippen LogP contribution is -2.32. The normalized spacial score (nSPS) is 14.6. The predicted molar refractivity (Wildman–Crippen MR) is 111 cm³/mol. The third-order valence-corrected chi connectivity index (χ3v) is 5.20. The number of benzene rings is 1. The molecule has 0 spiro atoms. The zero-order chi connectivity index (χ0) is 19.9. The van der Waals surface area contributed by atoms with Crippen LogP contribution in [-0.2, 0) is 24.3 Å². The molecule has 0 aliphatic carbocycles. The van der Waals surface area contributed by atoms with E-state index >= 15 is 0 Å². The molecular formula is C22H29N3O3. The molecule has 150 valence electrons. The van der Waals surface area contributed by atoms with Crippen molar-refractivity contribution in [3.05, 3.63) is 58.0 Å². The van der Waals surface area contributed by atoms with E-state index < -0.39 is 0 Å². The smallest absolute Gasteiger partial charge is 0.244 e. The Kier molecular flexibility index (Phi) is 6.87. The lowest BCUT2D eigenvalue weighted by atomic mass is 10.1. The molecule has 28 heavy (non-hydrogen) atoms. The molecule has 1 aliphatic heterocycles. The van der Waals surface area contributed by atoms with Crippen molar-refractivity contribution in [3.8, 4) is 5.75 Å². The first-order valence-electron chi connectivity index (χ1n) is 9.97. The van der Waals surface area contributed by atoms with Crippen LogP contribution in [0.2, 0.25) is 0 Å². The summed E-state index contributed by atoms with van der Waals surface area (Å²) in [4.78, 5) is 27.2. The minimum absolute atomic E-state index is 0.130. The summed E-state index contributed by atoms with van der Waals surface area (Å²) in [5.74, 6) is 0.123. The van der Waals surface area contributed by atoms with E-state index in [4.69, 9.17) is 4.74 Å². The number of anilines is 1. The Hall–Kier alpha value is -2.60. The van der Waals surface area contributed by atoms with Gasteiger partial charge in [-0.2, -0.15) is 0 Å². The van der Waals surface area contributed by atoms with Gasteiger partial charge in [0, 0.05) is 24.0 Å². The molecule has 0 unspecified atom stereocenters. The van der Waals surface area contributed by atoms with Crippen LogP contribution in [0.4, 0.5) is 5.69 Å². The summed E-state index contributed by atoms with van der Waals surface area (Å²) in [6.45, 7) is 4.95. The number of ether oxygens (including phenoxy) is 1. The number of pyridine rings is 1. The second-order valence-electron chi connectivity index (χ2n) is 7.26. The number of carbonyl (C=O) groups excluding carboxylic acids is 1. The first kappa shape index (κ1) is 20.1. The van der Waals surface area contributed by atoms with E-state index in [1.807, 2.05) is 28.8 Å². The molecule has 6 heteroatoms. The van der Waals surface area contributed by atoms with Crippen molar-refractivity contribution in [2.75, 3.05) is 25.5 Å². The van der Waals surface area contributed by atoms with Gasteiger partial charge in [-0.3, -0.25) is 14.5 Å². The van der Waals surface area contributed by atoms with E-state index in [-0.39, 0.29) is 23.6 Å². The molecule has 1 aromatic carbocycles. The first-order valence-corrected chi connectivity index (χ1v) is 9.97. The predicted octanol–water partition coefficient (Wildman–Crippen LogP) is 3.04. The summed E-state index contributed by atoms with van der Waals surface area (Å²) < 4.78 is 7.00. The first-order chi connectivity index (χ1) is 13.6. The largest absolute Gasteiger partial charge is 0.491 e. The Balaban J connectivity index is 1.75. The molecule has 3 rings (SSSR count). The lowest BCUT2D eigenvalue weighted by Gasteiger charge is -2.27. The molecule has 0 radical (unpaired) electrons. The van der Waals surface area contributed by atoms with Crippen LogP contribution >= 0.6 is 0 Å². The van der Waals surface area contributed by atoms with Crippen LogP contribution in [0.25, 0.3) is 0 Å². The standard InChI is InChI=1S/C22H29N3O3/c1-3-17-7-9-18(10-8-17)23-22(27)16-25-15-21(28-2)20(26)13-19(25)14-24-11-5-4-6-12-24/h7-10,13,15H,3-6,11-12,14,16H2,1-2H3,(H,23,27). The van der Waals surface area contributed by atoms with E-state index in [9.17, 15) is 9.59 Å². The molecule has 2 aromatic rings. The number of methoxy groups -OCH3 is 1. The quantitative estimate of drug-likeness (QED) is 0.798. The number of nitrogens with zero attached hydrogens (tertiary/aromatic N) is 2. The number of aryl methyl sites for hydroxylation is 1. The highest BCUT2D eigenvalue weighted by Gasteiger charge is 2.16. The molecule has 1 aromatic heterocycles. The Morgan fingerprint density at radius 2 is 1.86 bits per heavy atom. The third-order valence-electron chi connectivity index (χ3n) is 5.20. The number of hydrogen-bond acceptors (Lipinski definition) is 4. The summed E-state index contributed by atoms with van der Waals surface area (Å²) in [7, 11) is 1.47. The lowest BCUT2D eigenvalue weighted by molar-refractivity contribution is -0.116. The van der Waals surface area contributed by atoms with Gasteiger partial charge in [0.2, 0.25) is 11.3 Å². The minimum Gasteiger partial charge on any atom is -0.491 e. The van der Waals surface area contributed by atoms with Crippen LogP contribution in [0.3, 0.4) is 0 Å². The van der Waals surface area contributed by atoms with Crippen molar-refractivity contribution in [2.24, 2.45) is 0 Å². The van der Waals surface area contributed by atoms with E-state index in [0.717, 1.165) is 30.9 Å². The molecule has 1 fully saturated rings. The number of rotatable bonds is 7. The molecule has 1 N–H and O–H groups in total. The van der Waals surface area contributed by atoms with Gasteiger partial charge in [-0.1, -0.05) is 25.5 Å². The van der Waals surface area contributed by atoms with Gasteiger partial charge >= 0.3 is 0 Å². The SMILES string of the molecule is CCc1ccc(NC(=O)Cn2cc(OC)c(=O)cc2CN2CCCCC2)cc1. The van der Waals surface area contributed by atoms with Gasteiger partial charge in [0.15, 0.2) is 5.75 Å². The second-order valence-corrected chi connectivity index (χ2v) is 7.26. The van der Waals surface area contributed by atoms with Crippen molar-refractivity contribution in [2.45, 2.75) is 45.7 Å². The fraction of sp³-hybridized carbons (Fsp3) is 0.455. The summed E-state index contributed by atoms with van der Waals surface area (Å²) in [6.07, 6.45) is 6.21. The van der Waals surface area contributed by atoms with Crippen LogP contribution in [-0.4, -0.2) is 35.6 Å². The number of likely N-dealkylation sites (tertiary alicyclic amines) is 1. The van der Waals surface area contributed by atoms with Crippen molar-refractivity contribution in [1.82, 2.24) is 9.47 Å². The number of nitrogens with one attached hydrogen (secondary N) is 1. The number of carbonyl (C=O) groups is 1. The van der Waals surface area contributed by atoms with Gasteiger partial charge in [0.25, 0.3) is 0 Å². The van der Waals surface area contributed by atoms with Gasteiger partial charge < -0.3 is 14.6 Å². The van der Waals surface area contributed by atoms with Crippen LogP contribution in [0.15, 0.2) is 41.3 Å². The molecule has 0 atom stereocenters. The fourth-order valence-electron chi connectivity index (χ4n) is 3.56. The van der Waals surface area contributed by atoms with Crippen LogP contribution in [0.1, 0.15) is 37.4 Å². The molecular weight excluding hydrogens is 354 g/mol. The van der Waals surface area contributed by atoms with E-state index in [1.165, 1.54) is 31.9 Å². The molecule has 1 amide bonds. The summed E-state index contributed by atoms with van der Waals surface area (Å²) in [5, 5.41) is 2.93. The van der Waals surface area contributed by atoms with Crippen LogP contribution in [0.5, 0.6) is 5.75 Å². The van der Waals surface area contributed by atoms with Gasteiger partial charge in [-0.05, 0) is 50.0 Å². The Morgan fingerprint density at radius 3 is 2.50 bits per heavy atom. The highest BCUT2D eigenvalue weighted by molar-refractivity contribution is 5.90. The maximum Gasteiger partial charge on any atom is 0.244 e. The molecule has 6 nitrogen and oxygen atoms in total. The number of hydrogen-bond donors (Lipinski definition) is 1. The van der Waals surface area contributed by atoms with Gasteiger partial charge in [-0.15, -0.1) is 0 Å². The second kappa shape index (κ2) is 9.55. The average molecular weight is 383 g/mol. The van der Waals surface area contributed by atoms with Gasteiger partial charge in [0.1, 0.15) is 6.54 Å². The summed E-state index contributed by atoms with van der Waals surface area (Å²) in [5.41, 5.74) is 2.69. The highest BCUT2D eigenvalue weighted by Crippen LogP contribution is 2.15. The maximum atomic E-state index is 12.6. The third kappa shape index (κ3) is 5.23. The summed E-state index contributed by atoms with van der Waals surface area (Å²) >= 11 is 0. The maximum absolute atomic E-state index is 12.6. The van der Waals surface area contributed by atoms with Crippen molar-refractivity contribution in [3.63, 3.8) is 0 Å². The zero-order valence-electron chi connectivity index (χ0n) is 16.7. The Morgan fingerprint density at radius 1 is 1.14 bits per heavy atom. The molecule has 0 bridgehead atoms. The average Bonchev–Trinajstić information content (AvgIpc) is 2.71. The molecule has 0 saturated carbocycles. The van der Waals surface area contributed by atoms with E-state index in [2.05, 4.69) is 17.1 Å². The van der Waals surface area contributed by atoms with Crippen LogP contribution < -0.4 is 15.5 Å². The zero-order valence-corrected chi connectivity index (χ0v) is 16.7. The van der Waals surface area contributed by atoms with Gasteiger partial charge in [0.05, 0.1) is 13.3 Å². The molecule has 1 aliphatic rings. The van der Waals surface area contributed by atoms with Crippen LogP contribution in [0, 0.1) is 0 Å². The van der Waals surface area contributed by atoms with E-state index in [0.29, 0.717) is 6.54 Å². The number of aromatic nitrogens is 1. The van der Waals surface area contributed by atoms with Crippen molar-refractivity contribution in [1.29, 1.82) is 0 Å². The Bertz CT molecular complexity index is 852. The molecule has 2 heterocycles. The molecule has 1 saturated heterocycles. The minimum atomic E-state index is -0.152. The fourth-order valence-corrected chi connectivity index (χ4v) is 3.56. The number of amides is 1. The monoisotopic (exact) mass is 383 g/mol. The highest BCUT2D eigenvalue weighted by atomic mass is 16.5.